The first-order valence-electron chi connectivity index (χ1n) is 20.3. The van der Waals surface area contributed by atoms with E-state index in [-0.39, 0.29) is 31.1 Å². The SMILES string of the molecule is CC[C@H]1OC(=O)[C@@](C)(F)C(=O)[C@H](C)[C@@H](O[C@@H]2O[C@H](C)C[C@H](N(C)C)[C@H]2O)[C@@](C)(OCC#Cc2ccc(-c3nnn(C(C)C(=O)O)n3)s2)C[C@@H](C)C(=O)[C@H](C)[C@H]2NC(=O)O[C@@]21C. The van der Waals surface area contributed by atoms with Crippen LogP contribution >= 0.6 is 11.3 Å². The van der Waals surface area contributed by atoms with Crippen molar-refractivity contribution in [3.8, 4) is 22.5 Å². The number of amides is 1. The molecule has 3 saturated heterocycles. The van der Waals surface area contributed by atoms with Crippen LogP contribution < -0.4 is 5.32 Å². The summed E-state index contributed by atoms with van der Waals surface area (Å²) in [5.41, 5.74) is -6.51. The number of carboxylic acid groups (broad SMARTS) is 1. The Morgan fingerprint density at radius 1 is 1.15 bits per heavy atom. The lowest BCUT2D eigenvalue weighted by atomic mass is 9.73. The molecule has 3 aliphatic heterocycles. The second kappa shape index (κ2) is 18.5. The smallest absolute Gasteiger partial charge is 0.408 e. The number of aliphatic hydroxyl groups excluding tert-OH is 1. The second-order valence-corrected chi connectivity index (χ2v) is 18.2. The summed E-state index contributed by atoms with van der Waals surface area (Å²) in [6, 6.07) is 0.946. The summed E-state index contributed by atoms with van der Waals surface area (Å²) in [7, 11) is 3.58. The van der Waals surface area contributed by atoms with Gasteiger partial charge in [-0.1, -0.05) is 39.5 Å². The van der Waals surface area contributed by atoms with E-state index in [0.717, 1.165) is 11.7 Å². The van der Waals surface area contributed by atoms with Crippen molar-refractivity contribution in [2.75, 3.05) is 20.7 Å². The Kier molecular flexibility index (Phi) is 14.5. The number of ketones is 2. The molecule has 0 aliphatic carbocycles. The van der Waals surface area contributed by atoms with Crippen molar-refractivity contribution in [1.29, 1.82) is 0 Å². The predicted molar refractivity (Wildman–Crippen MR) is 216 cm³/mol. The van der Waals surface area contributed by atoms with Crippen molar-refractivity contribution in [3.63, 3.8) is 0 Å². The first-order valence-corrected chi connectivity index (χ1v) is 21.1. The number of hydrogen-bond donors (Lipinski definition) is 3. The summed E-state index contributed by atoms with van der Waals surface area (Å²) < 4.78 is 47.5. The van der Waals surface area contributed by atoms with Crippen LogP contribution in [0.1, 0.15) is 92.5 Å². The van der Waals surface area contributed by atoms with Crippen LogP contribution in [0.2, 0.25) is 0 Å². The van der Waals surface area contributed by atoms with E-state index in [2.05, 4.69) is 32.6 Å². The van der Waals surface area contributed by atoms with Crippen molar-refractivity contribution in [1.82, 2.24) is 30.4 Å². The topological polar surface area (TPSA) is 231 Å². The fourth-order valence-electron chi connectivity index (χ4n) is 8.57. The molecule has 61 heavy (non-hydrogen) atoms. The van der Waals surface area contributed by atoms with Gasteiger partial charge in [-0.15, -0.1) is 26.3 Å². The maximum atomic E-state index is 16.9. The molecule has 0 bridgehead atoms. The number of aliphatic carboxylic acids is 1. The van der Waals surface area contributed by atoms with Crippen LogP contribution in [-0.2, 0) is 42.9 Å². The summed E-state index contributed by atoms with van der Waals surface area (Å²) in [6.07, 6.45) is -6.16. The Morgan fingerprint density at radius 3 is 2.48 bits per heavy atom. The molecule has 3 fully saturated rings. The third-order valence-corrected chi connectivity index (χ3v) is 13.1. The number of carbonyl (C=O) groups excluding carboxylic acids is 4. The van der Waals surface area contributed by atoms with Crippen molar-refractivity contribution >= 4 is 40.9 Å². The molecule has 3 N–H and O–H groups in total. The third kappa shape index (κ3) is 9.81. The van der Waals surface area contributed by atoms with Crippen LogP contribution in [0.3, 0.4) is 0 Å². The Morgan fingerprint density at radius 2 is 1.84 bits per heavy atom. The second-order valence-electron chi connectivity index (χ2n) is 17.1. The molecule has 5 heterocycles. The Labute approximate surface area is 358 Å². The van der Waals surface area contributed by atoms with E-state index in [1.54, 1.807) is 60.8 Å². The number of cyclic esters (lactones) is 1. The normalized spacial score (nSPS) is 36.8. The number of halogens is 1. The van der Waals surface area contributed by atoms with Gasteiger partial charge >= 0.3 is 18.0 Å². The highest BCUT2D eigenvalue weighted by atomic mass is 32.1. The quantitative estimate of drug-likeness (QED) is 0.186. The molecular weight excluding hydrogens is 820 g/mol. The number of carbonyl (C=O) groups is 5. The van der Waals surface area contributed by atoms with E-state index >= 15 is 4.39 Å². The molecule has 20 heteroatoms. The van der Waals surface area contributed by atoms with E-state index in [1.165, 1.54) is 32.1 Å². The highest BCUT2D eigenvalue weighted by Crippen LogP contribution is 2.41. The van der Waals surface area contributed by atoms with Gasteiger partial charge in [0.1, 0.15) is 24.6 Å². The predicted octanol–water partition coefficient (Wildman–Crippen LogP) is 3.35. The summed E-state index contributed by atoms with van der Waals surface area (Å²) in [6.45, 7) is 13.1. The van der Waals surface area contributed by atoms with Gasteiger partial charge in [0.15, 0.2) is 23.7 Å². The van der Waals surface area contributed by atoms with Crippen LogP contribution in [0, 0.1) is 29.6 Å². The van der Waals surface area contributed by atoms with E-state index in [9.17, 15) is 34.2 Å². The zero-order valence-corrected chi connectivity index (χ0v) is 37.1. The minimum atomic E-state index is -3.25. The molecule has 2 aromatic rings. The number of ether oxygens (including phenoxy) is 5. The number of aliphatic hydroxyl groups is 1. The Hall–Kier alpha value is -4.39. The van der Waals surface area contributed by atoms with Crippen molar-refractivity contribution in [2.24, 2.45) is 17.8 Å². The maximum absolute atomic E-state index is 16.9. The zero-order chi connectivity index (χ0) is 45.4. The Bertz CT molecular complexity index is 2030. The molecule has 0 spiro atoms. The average Bonchev–Trinajstić information content (AvgIpc) is 3.95. The van der Waals surface area contributed by atoms with E-state index in [4.69, 9.17) is 23.7 Å². The number of alkyl carbamates (subject to hydrolysis) is 1. The number of likely N-dealkylation sites (N-methyl/N-ethyl adjacent to an activating group) is 1. The number of rotatable bonds is 9. The van der Waals surface area contributed by atoms with Gasteiger partial charge in [-0.3, -0.25) is 9.59 Å². The number of esters is 1. The lowest BCUT2D eigenvalue weighted by molar-refractivity contribution is -0.296. The van der Waals surface area contributed by atoms with Gasteiger partial charge in [0.05, 0.1) is 33.6 Å². The van der Waals surface area contributed by atoms with Crippen LogP contribution in [0.15, 0.2) is 12.1 Å². The molecule has 2 aromatic heterocycles. The fraction of sp³-hybridized carbons (Fsp3) is 0.707. The van der Waals surface area contributed by atoms with E-state index < -0.39 is 107 Å². The number of carboxylic acids is 1. The summed E-state index contributed by atoms with van der Waals surface area (Å²) in [4.78, 5) is 70.7. The van der Waals surface area contributed by atoms with Crippen molar-refractivity contribution in [2.45, 2.75) is 147 Å². The maximum Gasteiger partial charge on any atom is 0.408 e. The highest BCUT2D eigenvalue weighted by molar-refractivity contribution is 7.15. The molecule has 5 rings (SSSR count). The standard InChI is InChI=1S/C41H57FN6O12S/c1-12-28-41(9)31(43-38(55)60-41)22(4)29(49)20(2)19-39(7,56-17-13-14-25-15-16-27(61-25)34-44-46-48(45-34)24(6)35(52)53)33(23(5)32(51)40(8,42)37(54)58-28)59-36-30(50)26(47(10)11)18-21(3)57-36/h15-16,20-24,26,28,30-31,33,36,50H,12,17-19H2,1-11H3,(H,43,55)(H,52,53)/t20-,21-,22+,23+,24?,26+,28-,30-,31-,33-,36+,39+,40+,41-/m1/s1. The number of thiophene rings is 1. The van der Waals surface area contributed by atoms with E-state index in [1.807, 2.05) is 4.90 Å². The number of alkyl halides is 1. The van der Waals surface area contributed by atoms with Crippen LogP contribution in [-0.4, -0.2) is 145 Å². The van der Waals surface area contributed by atoms with Gasteiger partial charge in [0.25, 0.3) is 5.67 Å². The molecule has 18 nitrogen and oxygen atoms in total. The number of fused-ring (bicyclic) bond motifs is 1. The van der Waals surface area contributed by atoms with Gasteiger partial charge in [-0.25, -0.2) is 18.8 Å². The Balaban J connectivity index is 1.55. The molecular formula is C41H57FN6O12S. The number of nitrogens with one attached hydrogen (secondary N) is 1. The zero-order valence-electron chi connectivity index (χ0n) is 36.3. The van der Waals surface area contributed by atoms with Gasteiger partial charge in [0.2, 0.25) is 5.82 Å². The fourth-order valence-corrected chi connectivity index (χ4v) is 9.37. The first-order chi connectivity index (χ1) is 28.4. The molecule has 0 radical (unpaired) electrons. The van der Waals surface area contributed by atoms with Gasteiger partial charge in [-0.05, 0) is 85.3 Å². The highest BCUT2D eigenvalue weighted by Gasteiger charge is 2.59. The third-order valence-electron chi connectivity index (χ3n) is 12.1. The number of Topliss-reactive ketones (excluding diaryl/α,β-unsaturated/α-hetero) is 2. The minimum Gasteiger partial charge on any atom is -0.480 e. The van der Waals surface area contributed by atoms with Crippen LogP contribution in [0.25, 0.3) is 10.7 Å². The average molecular weight is 877 g/mol. The van der Waals surface area contributed by atoms with Gasteiger partial charge < -0.3 is 44.1 Å². The lowest BCUT2D eigenvalue weighted by Gasteiger charge is -2.47. The van der Waals surface area contributed by atoms with Crippen LogP contribution in [0.5, 0.6) is 0 Å². The molecule has 0 saturated carbocycles. The molecule has 0 aromatic carbocycles. The summed E-state index contributed by atoms with van der Waals surface area (Å²) >= 11 is 1.22. The monoisotopic (exact) mass is 876 g/mol. The molecule has 336 valence electrons. The lowest BCUT2D eigenvalue weighted by Crippen LogP contribution is -2.61. The van der Waals surface area contributed by atoms with Gasteiger partial charge in [0, 0.05) is 23.8 Å². The number of aromatic nitrogens is 4. The van der Waals surface area contributed by atoms with E-state index in [0.29, 0.717) is 16.2 Å². The van der Waals surface area contributed by atoms with Crippen molar-refractivity contribution < 1.29 is 62.3 Å². The molecule has 14 atom stereocenters. The molecule has 1 unspecified atom stereocenters. The number of nitrogens with zero attached hydrogens (tertiary/aromatic N) is 5. The summed E-state index contributed by atoms with van der Waals surface area (Å²) in [5, 5.41) is 35.5. The first kappa shape index (κ1) is 47.7. The molecule has 1 amide bonds. The van der Waals surface area contributed by atoms with Gasteiger partial charge in [-0.2, -0.15) is 0 Å². The minimum absolute atomic E-state index is 0.0577. The van der Waals surface area contributed by atoms with Crippen LogP contribution in [0.4, 0.5) is 9.18 Å². The number of hydrogen-bond acceptors (Lipinski definition) is 16. The van der Waals surface area contributed by atoms with Crippen molar-refractivity contribution in [3.05, 3.63) is 17.0 Å². The molecule has 3 aliphatic rings. The summed E-state index contributed by atoms with van der Waals surface area (Å²) in [5.74, 6) is -1.25. The number of tetrazole rings is 1. The largest absolute Gasteiger partial charge is 0.480 e.